The molecule has 2 atom stereocenters. The van der Waals surface area contributed by atoms with Gasteiger partial charge in [0.2, 0.25) is 5.91 Å². The molecule has 3 amide bonds. The number of hydrogen-bond acceptors (Lipinski definition) is 6. The number of carbonyl (C=O) groups excluding carboxylic acids is 3. The molecule has 3 aromatic rings. The number of hydrogen-bond donors (Lipinski definition) is 4. The summed E-state index contributed by atoms with van der Waals surface area (Å²) in [5.74, 6) is -1.95. The first-order chi connectivity index (χ1) is 17.7. The first kappa shape index (κ1) is 28.2. The van der Waals surface area contributed by atoms with E-state index in [0.717, 1.165) is 0 Å². The number of amides is 3. The van der Waals surface area contributed by atoms with E-state index < -0.39 is 17.9 Å². The lowest BCUT2D eigenvalue weighted by Gasteiger charge is -2.17. The summed E-state index contributed by atoms with van der Waals surface area (Å²) in [6.07, 6.45) is 1.72. The molecule has 0 aliphatic heterocycles. The maximum absolute atomic E-state index is 12.8. The van der Waals surface area contributed by atoms with Crippen molar-refractivity contribution in [3.63, 3.8) is 0 Å². The predicted molar refractivity (Wildman–Crippen MR) is 140 cm³/mol. The topological polar surface area (TPSA) is 138 Å². The third-order valence-electron chi connectivity index (χ3n) is 5.41. The molecule has 1 aromatic carbocycles. The van der Waals surface area contributed by atoms with Gasteiger partial charge in [-0.25, -0.2) is 4.79 Å². The van der Waals surface area contributed by atoms with E-state index >= 15 is 0 Å². The van der Waals surface area contributed by atoms with Crippen molar-refractivity contribution in [1.82, 2.24) is 16.0 Å². The fraction of sp³-hybridized carbons (Fsp3) is 0.280. The lowest BCUT2D eigenvalue weighted by Crippen LogP contribution is -2.43. The first-order valence-corrected chi connectivity index (χ1v) is 12.9. The molecule has 0 radical (unpaired) electrons. The number of carbonyl (C=O) groups is 4. The van der Waals surface area contributed by atoms with Crippen LogP contribution in [0, 0.1) is 0 Å². The molecule has 0 saturated heterocycles. The molecule has 0 saturated carbocycles. The fourth-order valence-electron chi connectivity index (χ4n) is 3.48. The SMILES string of the molecule is CC(CC(=O)NCc1cc(Cl)c(C(=O)N[C@@H](CCNC(=O)c2cccs2)C(=O)O)c(Cl)c1)c1ccco1. The summed E-state index contributed by atoms with van der Waals surface area (Å²) in [5.41, 5.74) is 0.482. The number of carboxylic acids is 1. The highest BCUT2D eigenvalue weighted by Crippen LogP contribution is 2.27. The highest BCUT2D eigenvalue weighted by Gasteiger charge is 2.24. The summed E-state index contributed by atoms with van der Waals surface area (Å²) in [4.78, 5) is 49.3. The van der Waals surface area contributed by atoms with Crippen molar-refractivity contribution in [1.29, 1.82) is 0 Å². The van der Waals surface area contributed by atoms with Crippen LogP contribution in [0.1, 0.15) is 57.0 Å². The average molecular weight is 566 g/mol. The molecular weight excluding hydrogens is 541 g/mol. The molecule has 2 heterocycles. The minimum absolute atomic E-state index is 0.00772. The third kappa shape index (κ3) is 8.08. The van der Waals surface area contributed by atoms with Crippen molar-refractivity contribution >= 4 is 58.2 Å². The van der Waals surface area contributed by atoms with Crippen LogP contribution >= 0.6 is 34.5 Å². The van der Waals surface area contributed by atoms with Gasteiger partial charge in [0.05, 0.1) is 26.7 Å². The van der Waals surface area contributed by atoms with Crippen LogP contribution in [0.3, 0.4) is 0 Å². The zero-order chi connectivity index (χ0) is 26.9. The maximum Gasteiger partial charge on any atom is 0.326 e. The maximum atomic E-state index is 12.8. The van der Waals surface area contributed by atoms with Gasteiger partial charge in [-0.15, -0.1) is 11.3 Å². The molecule has 0 bridgehead atoms. The van der Waals surface area contributed by atoms with Crippen molar-refractivity contribution in [3.8, 4) is 0 Å². The number of carboxylic acid groups (broad SMARTS) is 1. The van der Waals surface area contributed by atoms with Crippen molar-refractivity contribution in [2.75, 3.05) is 6.54 Å². The number of rotatable bonds is 12. The Kier molecular flexibility index (Phi) is 10.1. The van der Waals surface area contributed by atoms with Crippen LogP contribution in [-0.4, -0.2) is 41.4 Å². The van der Waals surface area contributed by atoms with Crippen LogP contribution < -0.4 is 16.0 Å². The highest BCUT2D eigenvalue weighted by atomic mass is 35.5. The first-order valence-electron chi connectivity index (χ1n) is 11.3. The Morgan fingerprint density at radius 2 is 1.78 bits per heavy atom. The van der Waals surface area contributed by atoms with Gasteiger partial charge in [-0.05, 0) is 47.7 Å². The van der Waals surface area contributed by atoms with Gasteiger partial charge in [0.15, 0.2) is 0 Å². The zero-order valence-electron chi connectivity index (χ0n) is 19.8. The minimum Gasteiger partial charge on any atom is -0.480 e. The van der Waals surface area contributed by atoms with Gasteiger partial charge < -0.3 is 25.5 Å². The second-order valence-corrected chi connectivity index (χ2v) is 9.98. The number of aliphatic carboxylic acids is 1. The predicted octanol–water partition coefficient (Wildman–Crippen LogP) is 4.46. The van der Waals surface area contributed by atoms with Crippen LogP contribution in [-0.2, 0) is 16.1 Å². The monoisotopic (exact) mass is 565 g/mol. The fourth-order valence-corrected chi connectivity index (χ4v) is 4.82. The van der Waals surface area contributed by atoms with Crippen LogP contribution in [0.4, 0.5) is 0 Å². The van der Waals surface area contributed by atoms with E-state index in [2.05, 4.69) is 16.0 Å². The molecule has 9 nitrogen and oxygen atoms in total. The van der Waals surface area contributed by atoms with Gasteiger partial charge in [0, 0.05) is 25.4 Å². The summed E-state index contributed by atoms with van der Waals surface area (Å²) < 4.78 is 5.31. The zero-order valence-corrected chi connectivity index (χ0v) is 22.1. The molecule has 1 unspecified atom stereocenters. The van der Waals surface area contributed by atoms with Crippen LogP contribution in [0.25, 0.3) is 0 Å². The van der Waals surface area contributed by atoms with Gasteiger partial charge in [-0.3, -0.25) is 14.4 Å². The second-order valence-electron chi connectivity index (χ2n) is 8.22. The Labute approximate surface area is 227 Å². The van der Waals surface area contributed by atoms with Gasteiger partial charge in [-0.1, -0.05) is 36.2 Å². The van der Waals surface area contributed by atoms with E-state index in [1.165, 1.54) is 23.5 Å². The molecule has 0 spiro atoms. The summed E-state index contributed by atoms with van der Waals surface area (Å²) in [7, 11) is 0. The van der Waals surface area contributed by atoms with Crippen molar-refractivity contribution in [3.05, 3.63) is 79.9 Å². The van der Waals surface area contributed by atoms with Crippen LogP contribution in [0.15, 0.2) is 52.5 Å². The molecule has 0 aliphatic rings. The van der Waals surface area contributed by atoms with Crippen LogP contribution in [0.5, 0.6) is 0 Å². The third-order valence-corrected chi connectivity index (χ3v) is 6.87. The van der Waals surface area contributed by atoms with Crippen LogP contribution in [0.2, 0.25) is 10.0 Å². The summed E-state index contributed by atoms with van der Waals surface area (Å²) in [6, 6.07) is 8.63. The molecule has 3 rings (SSSR count). The Hall–Kier alpha value is -3.34. The van der Waals surface area contributed by atoms with E-state index in [1.807, 2.05) is 6.92 Å². The van der Waals surface area contributed by atoms with Gasteiger partial charge in [-0.2, -0.15) is 0 Å². The van der Waals surface area contributed by atoms with Gasteiger partial charge >= 0.3 is 5.97 Å². The molecule has 2 aromatic heterocycles. The highest BCUT2D eigenvalue weighted by molar-refractivity contribution is 7.12. The largest absolute Gasteiger partial charge is 0.480 e. The number of furan rings is 1. The molecule has 0 fully saturated rings. The van der Waals surface area contributed by atoms with E-state index in [9.17, 15) is 24.3 Å². The van der Waals surface area contributed by atoms with E-state index in [0.29, 0.717) is 16.2 Å². The quantitative estimate of drug-likeness (QED) is 0.256. The van der Waals surface area contributed by atoms with E-state index in [1.54, 1.807) is 35.9 Å². The standard InChI is InChI=1S/C25H25Cl2N3O6S/c1-14(19-4-2-8-36-19)10-21(31)29-13-15-11-16(26)22(17(27)12-15)24(33)30-18(25(34)35)6-7-28-23(32)20-5-3-9-37-20/h2-5,8-9,11-12,14,18H,6-7,10,13H2,1H3,(H,28,32)(H,29,31)(H,30,33)(H,34,35)/t14?,18-/m0/s1. The Balaban J connectivity index is 1.55. The minimum atomic E-state index is -1.28. The molecule has 12 heteroatoms. The lowest BCUT2D eigenvalue weighted by molar-refractivity contribution is -0.139. The summed E-state index contributed by atoms with van der Waals surface area (Å²) in [6.45, 7) is 2.04. The number of thiophene rings is 1. The van der Waals surface area contributed by atoms with E-state index in [-0.39, 0.29) is 59.3 Å². The number of nitrogens with one attached hydrogen (secondary N) is 3. The van der Waals surface area contributed by atoms with Crippen molar-refractivity contribution in [2.45, 2.75) is 38.3 Å². The Morgan fingerprint density at radius 3 is 2.38 bits per heavy atom. The molecule has 0 aliphatic carbocycles. The van der Waals surface area contributed by atoms with E-state index in [4.69, 9.17) is 27.6 Å². The average Bonchev–Trinajstić information content (AvgIpc) is 3.56. The second kappa shape index (κ2) is 13.3. The summed E-state index contributed by atoms with van der Waals surface area (Å²) in [5, 5.41) is 19.1. The number of benzene rings is 1. The molecule has 4 N–H and O–H groups in total. The lowest BCUT2D eigenvalue weighted by atomic mass is 10.0. The number of halogens is 2. The van der Waals surface area contributed by atoms with Crippen molar-refractivity contribution in [2.24, 2.45) is 0 Å². The molecule has 196 valence electrons. The Morgan fingerprint density at radius 1 is 1.05 bits per heavy atom. The van der Waals surface area contributed by atoms with Gasteiger partial charge in [0.1, 0.15) is 11.8 Å². The van der Waals surface area contributed by atoms with Gasteiger partial charge in [0.25, 0.3) is 11.8 Å². The smallest absolute Gasteiger partial charge is 0.326 e. The molecule has 37 heavy (non-hydrogen) atoms. The van der Waals surface area contributed by atoms with Crippen molar-refractivity contribution < 1.29 is 28.7 Å². The summed E-state index contributed by atoms with van der Waals surface area (Å²) >= 11 is 13.8. The normalized spacial score (nSPS) is 12.4. The molecular formula is C25H25Cl2N3O6S. The Bertz CT molecular complexity index is 1220.